The molecule has 1 aliphatic carbocycles. The predicted molar refractivity (Wildman–Crippen MR) is 135 cm³/mol. The van der Waals surface area contributed by atoms with E-state index < -0.39 is 47.5 Å². The Bertz CT molecular complexity index is 1460. The molecule has 40 heavy (non-hydrogen) atoms. The molecule has 5 nitrogen and oxygen atoms in total. The van der Waals surface area contributed by atoms with E-state index >= 15 is 0 Å². The van der Waals surface area contributed by atoms with Crippen LogP contribution in [0, 0.1) is 5.92 Å². The number of rotatable bonds is 3. The van der Waals surface area contributed by atoms with Crippen LogP contribution in [-0.2, 0) is 15.8 Å². The van der Waals surface area contributed by atoms with Crippen LogP contribution in [-0.4, -0.2) is 25.0 Å². The van der Waals surface area contributed by atoms with Crippen molar-refractivity contribution >= 4 is 23.1 Å². The van der Waals surface area contributed by atoms with Gasteiger partial charge in [-0.05, 0) is 47.5 Å². The Morgan fingerprint density at radius 2 is 1.52 bits per heavy atom. The minimum absolute atomic E-state index is 0.0696. The predicted octanol–water partition coefficient (Wildman–Crippen LogP) is 7.03. The maximum atomic E-state index is 14.0. The van der Waals surface area contributed by atoms with Gasteiger partial charge in [-0.1, -0.05) is 42.5 Å². The van der Waals surface area contributed by atoms with Crippen molar-refractivity contribution in [3.05, 3.63) is 101 Å². The van der Waals surface area contributed by atoms with Crippen molar-refractivity contribution in [2.75, 3.05) is 17.3 Å². The molecule has 11 heteroatoms. The van der Waals surface area contributed by atoms with Crippen molar-refractivity contribution in [2.24, 2.45) is 5.92 Å². The van der Waals surface area contributed by atoms with Gasteiger partial charge in [0.15, 0.2) is 0 Å². The molecule has 0 fully saturated rings. The number of hydrogen-bond acceptors (Lipinski definition) is 4. The van der Waals surface area contributed by atoms with Gasteiger partial charge in [-0.3, -0.25) is 14.5 Å². The van der Waals surface area contributed by atoms with Gasteiger partial charge in [0.25, 0.3) is 0 Å². The number of nitrogens with zero attached hydrogens (tertiary/aromatic N) is 1. The minimum Gasteiger partial charge on any atom is -0.497 e. The Hall–Kier alpha value is -4.28. The van der Waals surface area contributed by atoms with Crippen LogP contribution in [0.1, 0.15) is 35.1 Å². The number of Topliss-reactive ketones (excluding diaryl/α,β-unsaturated/α-hetero) is 1. The molecule has 0 saturated heterocycles. The molecule has 3 aromatic carbocycles. The van der Waals surface area contributed by atoms with Crippen molar-refractivity contribution in [1.29, 1.82) is 0 Å². The molecule has 0 saturated carbocycles. The van der Waals surface area contributed by atoms with Gasteiger partial charge < -0.3 is 10.1 Å². The van der Waals surface area contributed by atoms with Crippen molar-refractivity contribution < 1.29 is 40.7 Å². The number of benzene rings is 3. The highest BCUT2D eigenvalue weighted by Gasteiger charge is 2.51. The molecule has 0 radical (unpaired) electrons. The van der Waals surface area contributed by atoms with Crippen LogP contribution in [0.5, 0.6) is 5.75 Å². The Morgan fingerprint density at radius 3 is 2.12 bits per heavy atom. The van der Waals surface area contributed by atoms with E-state index in [2.05, 4.69) is 5.32 Å². The largest absolute Gasteiger partial charge is 0.497 e. The maximum Gasteiger partial charge on any atom is 0.471 e. The van der Waals surface area contributed by atoms with E-state index in [1.165, 1.54) is 61.7 Å². The van der Waals surface area contributed by atoms with E-state index in [4.69, 9.17) is 4.74 Å². The summed E-state index contributed by atoms with van der Waals surface area (Å²) in [6.07, 6.45) is -8.31. The number of allylic oxidation sites excluding steroid dienone is 1. The Labute approximate surface area is 225 Å². The summed E-state index contributed by atoms with van der Waals surface area (Å²) in [5.74, 6) is -4.03. The number of alkyl halides is 6. The molecule has 0 unspecified atom stereocenters. The van der Waals surface area contributed by atoms with E-state index in [0.717, 1.165) is 12.1 Å². The number of amides is 1. The quantitative estimate of drug-likeness (QED) is 0.350. The first-order valence-electron chi connectivity index (χ1n) is 12.2. The number of carbonyl (C=O) groups is 2. The molecule has 3 atom stereocenters. The fraction of sp³-hybridized carbons (Fsp3) is 0.241. The van der Waals surface area contributed by atoms with Gasteiger partial charge in [0.05, 0.1) is 36.0 Å². The number of halogens is 6. The molecule has 0 aromatic heterocycles. The second kappa shape index (κ2) is 10.0. The summed E-state index contributed by atoms with van der Waals surface area (Å²) >= 11 is 0. The molecule has 1 heterocycles. The van der Waals surface area contributed by atoms with Gasteiger partial charge in [-0.2, -0.15) is 26.3 Å². The number of anilines is 2. The number of para-hydroxylation sites is 2. The zero-order valence-electron chi connectivity index (χ0n) is 20.9. The second-order valence-corrected chi connectivity index (χ2v) is 9.53. The van der Waals surface area contributed by atoms with Crippen molar-refractivity contribution in [3.63, 3.8) is 0 Å². The van der Waals surface area contributed by atoms with Gasteiger partial charge in [0.1, 0.15) is 11.5 Å². The molecule has 5 rings (SSSR count). The van der Waals surface area contributed by atoms with E-state index in [-0.39, 0.29) is 29.1 Å². The normalized spacial score (nSPS) is 21.0. The van der Waals surface area contributed by atoms with Crippen LogP contribution in [0.4, 0.5) is 37.7 Å². The summed E-state index contributed by atoms with van der Waals surface area (Å²) in [6, 6.07) is 15.0. The van der Waals surface area contributed by atoms with Gasteiger partial charge in [-0.25, -0.2) is 0 Å². The van der Waals surface area contributed by atoms with Crippen molar-refractivity contribution in [2.45, 2.75) is 30.7 Å². The summed E-state index contributed by atoms with van der Waals surface area (Å²) in [7, 11) is 1.42. The summed E-state index contributed by atoms with van der Waals surface area (Å²) in [5.41, 5.74) is 0.233. The summed E-state index contributed by atoms with van der Waals surface area (Å²) < 4.78 is 86.3. The van der Waals surface area contributed by atoms with Gasteiger partial charge in [0.2, 0.25) is 0 Å². The van der Waals surface area contributed by atoms with E-state index in [9.17, 15) is 35.9 Å². The van der Waals surface area contributed by atoms with Gasteiger partial charge in [-0.15, -0.1) is 0 Å². The highest BCUT2D eigenvalue weighted by molar-refractivity contribution is 6.03. The second-order valence-electron chi connectivity index (χ2n) is 9.53. The number of hydrogen-bond donors (Lipinski definition) is 1. The lowest BCUT2D eigenvalue weighted by atomic mass is 9.76. The van der Waals surface area contributed by atoms with E-state index in [1.807, 2.05) is 0 Å². The molecular weight excluding hydrogens is 538 g/mol. The van der Waals surface area contributed by atoms with Crippen molar-refractivity contribution in [3.8, 4) is 5.75 Å². The molecule has 1 aliphatic heterocycles. The summed E-state index contributed by atoms with van der Waals surface area (Å²) in [5, 5.41) is 3.06. The molecular formula is C29H22F6N2O3. The van der Waals surface area contributed by atoms with Crippen LogP contribution in [0.25, 0.3) is 0 Å². The SMILES string of the molecule is COc1ccc([C@H]2[C@H]3C(=O)C[C@@H](c4ccc(C(F)(F)F)cc4)C=C3Nc3ccccc3N2C(=O)C(F)(F)F)cc1. The van der Waals surface area contributed by atoms with E-state index in [0.29, 0.717) is 16.2 Å². The fourth-order valence-electron chi connectivity index (χ4n) is 5.25. The third kappa shape index (κ3) is 5.03. The first kappa shape index (κ1) is 27.3. The third-order valence-electron chi connectivity index (χ3n) is 7.11. The Balaban J connectivity index is 1.67. The molecule has 1 amide bonds. The fourth-order valence-corrected chi connectivity index (χ4v) is 5.25. The number of ketones is 1. The number of nitrogens with one attached hydrogen (secondary N) is 1. The number of fused-ring (bicyclic) bond motifs is 2. The molecule has 208 valence electrons. The van der Waals surface area contributed by atoms with Crippen LogP contribution >= 0.6 is 0 Å². The minimum atomic E-state index is -5.24. The van der Waals surface area contributed by atoms with Crippen LogP contribution in [0.15, 0.2) is 84.6 Å². The smallest absolute Gasteiger partial charge is 0.471 e. The first-order valence-corrected chi connectivity index (χ1v) is 12.2. The highest BCUT2D eigenvalue weighted by atomic mass is 19.4. The zero-order chi connectivity index (χ0) is 28.8. The standard InChI is InChI=1S/C29H22F6N2O3/c1-40-20-12-8-17(9-13-20)26-25-22(36-21-4-2-3-5-23(21)37(26)27(39)29(33,34)35)14-18(15-24(25)38)16-6-10-19(11-7-16)28(30,31)32/h2-14,18,25-26,36H,15H2,1H3/t18-,25+,26-/m0/s1. The number of ether oxygens (including phenoxy) is 1. The average Bonchev–Trinajstić information content (AvgIpc) is 3.06. The van der Waals surface area contributed by atoms with Crippen LogP contribution < -0.4 is 15.0 Å². The molecule has 2 aliphatic rings. The monoisotopic (exact) mass is 560 g/mol. The highest BCUT2D eigenvalue weighted by Crippen LogP contribution is 2.49. The Morgan fingerprint density at radius 1 is 0.900 bits per heavy atom. The summed E-state index contributed by atoms with van der Waals surface area (Å²) in [4.78, 5) is 27.3. The lowest BCUT2D eigenvalue weighted by Gasteiger charge is -2.37. The topological polar surface area (TPSA) is 58.6 Å². The average molecular weight is 560 g/mol. The third-order valence-corrected chi connectivity index (χ3v) is 7.11. The van der Waals surface area contributed by atoms with E-state index in [1.54, 1.807) is 12.1 Å². The summed E-state index contributed by atoms with van der Waals surface area (Å²) in [6.45, 7) is 0. The molecule has 3 aromatic rings. The first-order chi connectivity index (χ1) is 18.9. The Kier molecular flexibility index (Phi) is 6.85. The number of carbonyl (C=O) groups excluding carboxylic acids is 2. The lowest BCUT2D eigenvalue weighted by Crippen LogP contribution is -2.47. The molecule has 0 bridgehead atoms. The van der Waals surface area contributed by atoms with Gasteiger partial charge in [0, 0.05) is 18.0 Å². The van der Waals surface area contributed by atoms with Crippen LogP contribution in [0.2, 0.25) is 0 Å². The molecule has 1 N–H and O–H groups in total. The zero-order valence-corrected chi connectivity index (χ0v) is 20.9. The molecule has 0 spiro atoms. The van der Waals surface area contributed by atoms with Gasteiger partial charge >= 0.3 is 18.3 Å². The lowest BCUT2D eigenvalue weighted by molar-refractivity contribution is -0.171. The van der Waals surface area contributed by atoms with Crippen LogP contribution in [0.3, 0.4) is 0 Å². The number of methoxy groups -OCH3 is 1. The van der Waals surface area contributed by atoms with Crippen molar-refractivity contribution in [1.82, 2.24) is 0 Å². The maximum absolute atomic E-state index is 14.0.